The van der Waals surface area contributed by atoms with Crippen LogP contribution in [0.5, 0.6) is 0 Å². The number of Topliss-reactive ketones (excluding diaryl/α,β-unsaturated/α-hetero) is 1. The van der Waals surface area contributed by atoms with Crippen LogP contribution in [0.2, 0.25) is 0 Å². The Morgan fingerprint density at radius 2 is 1.90 bits per heavy atom. The van der Waals surface area contributed by atoms with Crippen molar-refractivity contribution in [3.05, 3.63) is 22.5 Å². The van der Waals surface area contributed by atoms with Crippen LogP contribution in [0.4, 0.5) is 0 Å². The summed E-state index contributed by atoms with van der Waals surface area (Å²) in [4.78, 5) is 37.7. The summed E-state index contributed by atoms with van der Waals surface area (Å²) in [7, 11) is 1.30. The van der Waals surface area contributed by atoms with Crippen LogP contribution in [0.3, 0.4) is 0 Å². The van der Waals surface area contributed by atoms with Crippen LogP contribution < -0.4 is 5.32 Å². The van der Waals surface area contributed by atoms with E-state index in [0.29, 0.717) is 22.5 Å². The second-order valence-corrected chi connectivity index (χ2v) is 4.84. The first-order valence-corrected chi connectivity index (χ1v) is 6.35. The number of ketones is 1. The number of hydrogen-bond donors (Lipinski definition) is 2. The van der Waals surface area contributed by atoms with E-state index in [1.54, 1.807) is 20.8 Å². The molecule has 1 atom stereocenters. The highest BCUT2D eigenvalue weighted by atomic mass is 16.5. The van der Waals surface area contributed by atoms with Crippen LogP contribution in [0.1, 0.15) is 52.4 Å². The van der Waals surface area contributed by atoms with Gasteiger partial charge in [-0.2, -0.15) is 0 Å². The Kier molecular flexibility index (Phi) is 5.07. The zero-order chi connectivity index (χ0) is 15.4. The highest BCUT2D eigenvalue weighted by Gasteiger charge is 2.21. The van der Waals surface area contributed by atoms with Gasteiger partial charge in [0.25, 0.3) is 5.91 Å². The number of rotatable bonds is 5. The van der Waals surface area contributed by atoms with Gasteiger partial charge in [-0.1, -0.05) is 0 Å². The maximum absolute atomic E-state index is 12.1. The van der Waals surface area contributed by atoms with Crippen molar-refractivity contribution in [3.8, 4) is 0 Å². The van der Waals surface area contributed by atoms with Gasteiger partial charge < -0.3 is 15.0 Å². The summed E-state index contributed by atoms with van der Waals surface area (Å²) in [6, 6.07) is -0.348. The van der Waals surface area contributed by atoms with Crippen molar-refractivity contribution in [2.24, 2.45) is 0 Å². The smallest absolute Gasteiger partial charge is 0.307 e. The fourth-order valence-electron chi connectivity index (χ4n) is 2.19. The van der Waals surface area contributed by atoms with Gasteiger partial charge in [0.05, 0.1) is 13.5 Å². The molecule has 1 rings (SSSR count). The zero-order valence-corrected chi connectivity index (χ0v) is 12.4. The molecule has 0 aromatic carbocycles. The van der Waals surface area contributed by atoms with E-state index in [9.17, 15) is 14.4 Å². The van der Waals surface area contributed by atoms with Gasteiger partial charge in [-0.3, -0.25) is 14.4 Å². The van der Waals surface area contributed by atoms with E-state index in [0.717, 1.165) is 0 Å². The predicted octanol–water partition coefficient (Wildman–Crippen LogP) is 1.52. The lowest BCUT2D eigenvalue weighted by Gasteiger charge is -2.12. The Bertz CT molecular complexity index is 546. The van der Waals surface area contributed by atoms with Gasteiger partial charge in [0, 0.05) is 17.3 Å². The van der Waals surface area contributed by atoms with Crippen molar-refractivity contribution >= 4 is 17.7 Å². The molecule has 0 fully saturated rings. The first-order chi connectivity index (χ1) is 9.27. The van der Waals surface area contributed by atoms with E-state index in [4.69, 9.17) is 0 Å². The third-order valence-corrected chi connectivity index (χ3v) is 3.09. The van der Waals surface area contributed by atoms with E-state index in [1.165, 1.54) is 14.0 Å². The standard InChI is InChI=1S/C14H20N2O4/c1-7(6-11(18)20-5)15-14(19)13-8(2)12(10(4)17)9(3)16-13/h7,16H,6H2,1-5H3,(H,15,19). The number of aromatic amines is 1. The van der Waals surface area contributed by atoms with Crippen LogP contribution >= 0.6 is 0 Å². The number of nitrogens with one attached hydrogen (secondary N) is 2. The van der Waals surface area contributed by atoms with E-state index >= 15 is 0 Å². The Labute approximate surface area is 117 Å². The fraction of sp³-hybridized carbons (Fsp3) is 0.500. The number of methoxy groups -OCH3 is 1. The summed E-state index contributed by atoms with van der Waals surface area (Å²) < 4.78 is 4.54. The van der Waals surface area contributed by atoms with Gasteiger partial charge in [0.15, 0.2) is 5.78 Å². The van der Waals surface area contributed by atoms with Crippen molar-refractivity contribution in [2.75, 3.05) is 7.11 Å². The quantitative estimate of drug-likeness (QED) is 0.632. The lowest BCUT2D eigenvalue weighted by atomic mass is 10.1. The summed E-state index contributed by atoms with van der Waals surface area (Å²) in [5.74, 6) is -0.811. The predicted molar refractivity (Wildman–Crippen MR) is 73.8 cm³/mol. The largest absolute Gasteiger partial charge is 0.469 e. The van der Waals surface area contributed by atoms with Gasteiger partial charge in [-0.05, 0) is 33.3 Å². The third-order valence-electron chi connectivity index (χ3n) is 3.09. The summed E-state index contributed by atoms with van der Waals surface area (Å²) >= 11 is 0. The molecule has 6 nitrogen and oxygen atoms in total. The second kappa shape index (κ2) is 6.36. The molecule has 1 aromatic heterocycles. The van der Waals surface area contributed by atoms with E-state index in [2.05, 4.69) is 15.0 Å². The second-order valence-electron chi connectivity index (χ2n) is 4.84. The lowest BCUT2D eigenvalue weighted by Crippen LogP contribution is -2.35. The van der Waals surface area contributed by atoms with Crippen LogP contribution in [-0.4, -0.2) is 35.8 Å². The molecule has 0 saturated carbocycles. The van der Waals surface area contributed by atoms with Crippen molar-refractivity contribution < 1.29 is 19.1 Å². The Hall–Kier alpha value is -2.11. The number of aryl methyl sites for hydroxylation is 1. The van der Waals surface area contributed by atoms with Crippen LogP contribution in [-0.2, 0) is 9.53 Å². The summed E-state index contributed by atoms with van der Waals surface area (Å²) in [6.07, 6.45) is 0.0978. The highest BCUT2D eigenvalue weighted by Crippen LogP contribution is 2.18. The molecule has 20 heavy (non-hydrogen) atoms. The molecule has 0 bridgehead atoms. The summed E-state index contributed by atoms with van der Waals surface area (Å²) in [6.45, 7) is 6.65. The van der Waals surface area contributed by atoms with Gasteiger partial charge in [0.2, 0.25) is 0 Å². The molecule has 1 unspecified atom stereocenters. The molecule has 1 amide bonds. The topological polar surface area (TPSA) is 88.3 Å². The van der Waals surface area contributed by atoms with Crippen molar-refractivity contribution in [3.63, 3.8) is 0 Å². The molecule has 1 aromatic rings. The monoisotopic (exact) mass is 280 g/mol. The Balaban J connectivity index is 2.86. The van der Waals surface area contributed by atoms with Gasteiger partial charge in [-0.25, -0.2) is 0 Å². The van der Waals surface area contributed by atoms with E-state index in [-0.39, 0.29) is 30.1 Å². The van der Waals surface area contributed by atoms with Crippen LogP contribution in [0.25, 0.3) is 0 Å². The molecule has 110 valence electrons. The van der Waals surface area contributed by atoms with Crippen molar-refractivity contribution in [1.29, 1.82) is 0 Å². The molecule has 1 heterocycles. The summed E-state index contributed by atoms with van der Waals surface area (Å²) in [5.41, 5.74) is 2.18. The molecule has 0 aliphatic rings. The van der Waals surface area contributed by atoms with E-state index < -0.39 is 0 Å². The maximum atomic E-state index is 12.1. The molecule has 0 spiro atoms. The van der Waals surface area contributed by atoms with Gasteiger partial charge in [-0.15, -0.1) is 0 Å². The molecule has 0 radical (unpaired) electrons. The number of H-pyrrole nitrogens is 1. The minimum atomic E-state index is -0.387. The molecule has 6 heteroatoms. The molecule has 0 aliphatic carbocycles. The average Bonchev–Trinajstić information content (AvgIpc) is 2.64. The first-order valence-electron chi connectivity index (χ1n) is 6.35. The van der Waals surface area contributed by atoms with Gasteiger partial charge in [0.1, 0.15) is 5.69 Å². The van der Waals surface area contributed by atoms with Gasteiger partial charge >= 0.3 is 5.97 Å². The van der Waals surface area contributed by atoms with Crippen molar-refractivity contribution in [1.82, 2.24) is 10.3 Å². The number of ether oxygens (including phenoxy) is 1. The lowest BCUT2D eigenvalue weighted by molar-refractivity contribution is -0.141. The summed E-state index contributed by atoms with van der Waals surface area (Å²) in [5, 5.41) is 2.70. The molecular formula is C14H20N2O4. The minimum absolute atomic E-state index is 0.0853. The highest BCUT2D eigenvalue weighted by molar-refractivity contribution is 6.02. The minimum Gasteiger partial charge on any atom is -0.469 e. The Morgan fingerprint density at radius 1 is 1.30 bits per heavy atom. The van der Waals surface area contributed by atoms with E-state index in [1.807, 2.05) is 0 Å². The van der Waals surface area contributed by atoms with Crippen molar-refractivity contribution in [2.45, 2.75) is 40.2 Å². The number of carbonyl (C=O) groups excluding carboxylic acids is 3. The number of carbonyl (C=O) groups is 3. The number of amides is 1. The first kappa shape index (κ1) is 15.9. The average molecular weight is 280 g/mol. The zero-order valence-electron chi connectivity index (χ0n) is 12.4. The Morgan fingerprint density at radius 3 is 2.35 bits per heavy atom. The number of aromatic nitrogens is 1. The van der Waals surface area contributed by atoms with Crippen LogP contribution in [0.15, 0.2) is 0 Å². The molecular weight excluding hydrogens is 260 g/mol. The number of esters is 1. The maximum Gasteiger partial charge on any atom is 0.307 e. The van der Waals surface area contributed by atoms with Crippen LogP contribution in [0, 0.1) is 13.8 Å². The number of hydrogen-bond acceptors (Lipinski definition) is 4. The fourth-order valence-corrected chi connectivity index (χ4v) is 2.19. The molecule has 0 aliphatic heterocycles. The molecule has 0 saturated heterocycles. The third kappa shape index (κ3) is 3.46. The molecule has 2 N–H and O–H groups in total. The normalized spacial score (nSPS) is 11.8. The SMILES string of the molecule is COC(=O)CC(C)NC(=O)c1[nH]c(C)c(C(C)=O)c1C.